The van der Waals surface area contributed by atoms with Crippen molar-refractivity contribution in [1.29, 1.82) is 0 Å². The van der Waals surface area contributed by atoms with E-state index >= 15 is 0 Å². The van der Waals surface area contributed by atoms with Crippen LogP contribution in [-0.4, -0.2) is 53.3 Å². The predicted octanol–water partition coefficient (Wildman–Crippen LogP) is 2.43. The third-order valence-electron chi connectivity index (χ3n) is 4.78. The van der Waals surface area contributed by atoms with Gasteiger partial charge in [-0.2, -0.15) is 0 Å². The van der Waals surface area contributed by atoms with E-state index in [-0.39, 0.29) is 29.1 Å². The minimum atomic E-state index is -3.05. The SMILES string of the molecule is CCc1ccccc1Nc1cnc(C(=O)N(CC)C2CCS(=O)(=O)C2)cn1. The number of aryl methyl sites for hydroxylation is 1. The molecule has 1 atom stereocenters. The minimum Gasteiger partial charge on any atom is -0.339 e. The van der Waals surface area contributed by atoms with Crippen LogP contribution in [0.3, 0.4) is 0 Å². The molecule has 2 heterocycles. The molecule has 0 saturated carbocycles. The van der Waals surface area contributed by atoms with Crippen molar-refractivity contribution in [3.05, 3.63) is 47.9 Å². The van der Waals surface area contributed by atoms with E-state index in [0.29, 0.717) is 18.8 Å². The van der Waals surface area contributed by atoms with Crippen LogP contribution in [0.5, 0.6) is 0 Å². The van der Waals surface area contributed by atoms with Gasteiger partial charge in [0.2, 0.25) is 0 Å². The minimum absolute atomic E-state index is 0.0213. The Kier molecular flexibility index (Phi) is 5.74. The predicted molar refractivity (Wildman–Crippen MR) is 105 cm³/mol. The fourth-order valence-electron chi connectivity index (χ4n) is 3.33. The van der Waals surface area contributed by atoms with Crippen molar-refractivity contribution in [2.24, 2.45) is 0 Å². The zero-order valence-electron chi connectivity index (χ0n) is 15.6. The van der Waals surface area contributed by atoms with Crippen LogP contribution in [0.4, 0.5) is 11.5 Å². The van der Waals surface area contributed by atoms with Crippen LogP contribution in [0.25, 0.3) is 0 Å². The zero-order chi connectivity index (χ0) is 19.4. The van der Waals surface area contributed by atoms with Gasteiger partial charge in [-0.05, 0) is 31.4 Å². The molecule has 0 radical (unpaired) electrons. The van der Waals surface area contributed by atoms with E-state index in [0.717, 1.165) is 12.1 Å². The Balaban J connectivity index is 1.73. The largest absolute Gasteiger partial charge is 0.339 e. The number of rotatable bonds is 6. The molecule has 1 unspecified atom stereocenters. The molecule has 0 bridgehead atoms. The number of nitrogens with zero attached hydrogens (tertiary/aromatic N) is 3. The highest BCUT2D eigenvalue weighted by Crippen LogP contribution is 2.21. The van der Waals surface area contributed by atoms with Crippen molar-refractivity contribution in [3.63, 3.8) is 0 Å². The Labute approximate surface area is 159 Å². The highest BCUT2D eigenvalue weighted by atomic mass is 32.2. The normalized spacial score (nSPS) is 18.2. The summed E-state index contributed by atoms with van der Waals surface area (Å²) in [5.74, 6) is 0.423. The first-order chi connectivity index (χ1) is 12.9. The first-order valence-corrected chi connectivity index (χ1v) is 10.9. The number of anilines is 2. The number of aromatic nitrogens is 2. The molecule has 7 nitrogen and oxygen atoms in total. The third-order valence-corrected chi connectivity index (χ3v) is 6.53. The number of amides is 1. The number of sulfone groups is 1. The fourth-order valence-corrected chi connectivity index (χ4v) is 5.06. The van der Waals surface area contributed by atoms with Gasteiger partial charge in [-0.3, -0.25) is 4.79 Å². The molecule has 1 saturated heterocycles. The Morgan fingerprint density at radius 2 is 2.00 bits per heavy atom. The van der Waals surface area contributed by atoms with Crippen LogP contribution in [0.2, 0.25) is 0 Å². The summed E-state index contributed by atoms with van der Waals surface area (Å²) in [6, 6.07) is 7.66. The lowest BCUT2D eigenvalue weighted by molar-refractivity contribution is 0.0702. The maximum atomic E-state index is 12.8. The first-order valence-electron chi connectivity index (χ1n) is 9.12. The number of para-hydroxylation sites is 1. The van der Waals surface area contributed by atoms with Gasteiger partial charge in [0, 0.05) is 18.3 Å². The highest BCUT2D eigenvalue weighted by Gasteiger charge is 2.34. The lowest BCUT2D eigenvalue weighted by atomic mass is 10.1. The number of hydrogen-bond acceptors (Lipinski definition) is 6. The van der Waals surface area contributed by atoms with Crippen molar-refractivity contribution >= 4 is 27.2 Å². The van der Waals surface area contributed by atoms with E-state index < -0.39 is 9.84 Å². The fraction of sp³-hybridized carbons (Fsp3) is 0.421. The molecule has 0 aliphatic carbocycles. The van der Waals surface area contributed by atoms with E-state index in [2.05, 4.69) is 22.2 Å². The number of hydrogen-bond donors (Lipinski definition) is 1. The van der Waals surface area contributed by atoms with Crippen LogP contribution in [-0.2, 0) is 16.3 Å². The van der Waals surface area contributed by atoms with Crippen LogP contribution >= 0.6 is 0 Å². The summed E-state index contributed by atoms with van der Waals surface area (Å²) in [6.45, 7) is 4.36. The second kappa shape index (κ2) is 8.04. The summed E-state index contributed by atoms with van der Waals surface area (Å²) in [4.78, 5) is 22.9. The molecule has 8 heteroatoms. The first kappa shape index (κ1) is 19.3. The van der Waals surface area contributed by atoms with Crippen LogP contribution in [0.15, 0.2) is 36.7 Å². The number of nitrogens with one attached hydrogen (secondary N) is 1. The van der Waals surface area contributed by atoms with Crippen molar-refractivity contribution in [3.8, 4) is 0 Å². The Bertz CT molecular complexity index is 913. The van der Waals surface area contributed by atoms with Crippen molar-refractivity contribution in [2.75, 3.05) is 23.4 Å². The van der Waals surface area contributed by atoms with Crippen LogP contribution in [0, 0.1) is 0 Å². The summed E-state index contributed by atoms with van der Waals surface area (Å²) < 4.78 is 23.4. The van der Waals surface area contributed by atoms with Gasteiger partial charge < -0.3 is 10.2 Å². The van der Waals surface area contributed by atoms with E-state index in [9.17, 15) is 13.2 Å². The van der Waals surface area contributed by atoms with E-state index in [4.69, 9.17) is 0 Å². The average molecular weight is 388 g/mol. The summed E-state index contributed by atoms with van der Waals surface area (Å²) in [6.07, 6.45) is 4.33. The molecule has 1 aromatic carbocycles. The van der Waals surface area contributed by atoms with Crippen molar-refractivity contribution in [1.82, 2.24) is 14.9 Å². The Morgan fingerprint density at radius 3 is 2.59 bits per heavy atom. The van der Waals surface area contributed by atoms with Gasteiger partial charge >= 0.3 is 0 Å². The molecule has 1 aromatic heterocycles. The smallest absolute Gasteiger partial charge is 0.274 e. The molecule has 27 heavy (non-hydrogen) atoms. The van der Waals surface area contributed by atoms with Gasteiger partial charge in [0.15, 0.2) is 9.84 Å². The van der Waals surface area contributed by atoms with Gasteiger partial charge in [0.1, 0.15) is 11.5 Å². The highest BCUT2D eigenvalue weighted by molar-refractivity contribution is 7.91. The molecule has 3 rings (SSSR count). The molecule has 1 fully saturated rings. The molecule has 1 aliphatic rings. The molecule has 2 aromatic rings. The molecular formula is C19H24N4O3S. The molecule has 1 N–H and O–H groups in total. The van der Waals surface area contributed by atoms with Crippen LogP contribution < -0.4 is 5.32 Å². The van der Waals surface area contributed by atoms with Crippen molar-refractivity contribution in [2.45, 2.75) is 32.7 Å². The standard InChI is InChI=1S/C19H24N4O3S/c1-3-14-7-5-6-8-16(14)22-18-12-20-17(11-21-18)19(24)23(4-2)15-9-10-27(25,26)13-15/h5-8,11-12,15H,3-4,9-10,13H2,1-2H3,(H,21,22). The second-order valence-electron chi connectivity index (χ2n) is 6.57. The number of carbonyl (C=O) groups excluding carboxylic acids is 1. The maximum Gasteiger partial charge on any atom is 0.274 e. The summed E-state index contributed by atoms with van der Waals surface area (Å²) in [5, 5.41) is 3.22. The lowest BCUT2D eigenvalue weighted by Gasteiger charge is -2.26. The molecular weight excluding hydrogens is 364 g/mol. The van der Waals surface area contributed by atoms with Gasteiger partial charge in [0.05, 0.1) is 23.9 Å². The summed E-state index contributed by atoms with van der Waals surface area (Å²) in [5.41, 5.74) is 2.34. The topological polar surface area (TPSA) is 92.3 Å². The van der Waals surface area contributed by atoms with E-state index in [1.165, 1.54) is 18.0 Å². The maximum absolute atomic E-state index is 12.8. The summed E-state index contributed by atoms with van der Waals surface area (Å²) in [7, 11) is -3.05. The lowest BCUT2D eigenvalue weighted by Crippen LogP contribution is -2.41. The Hall–Kier alpha value is -2.48. The van der Waals surface area contributed by atoms with Gasteiger partial charge in [0.25, 0.3) is 5.91 Å². The van der Waals surface area contributed by atoms with Gasteiger partial charge in [-0.25, -0.2) is 18.4 Å². The Morgan fingerprint density at radius 1 is 1.22 bits per heavy atom. The molecule has 144 valence electrons. The van der Waals surface area contributed by atoms with Crippen molar-refractivity contribution < 1.29 is 13.2 Å². The molecule has 0 spiro atoms. The van der Waals surface area contributed by atoms with Gasteiger partial charge in [-0.15, -0.1) is 0 Å². The second-order valence-corrected chi connectivity index (χ2v) is 8.80. The monoisotopic (exact) mass is 388 g/mol. The van der Waals surface area contributed by atoms with E-state index in [1.807, 2.05) is 31.2 Å². The van der Waals surface area contributed by atoms with Crippen LogP contribution in [0.1, 0.15) is 36.3 Å². The molecule has 1 aliphatic heterocycles. The van der Waals surface area contributed by atoms with E-state index in [1.54, 1.807) is 4.90 Å². The third kappa shape index (κ3) is 4.44. The average Bonchev–Trinajstić information content (AvgIpc) is 3.03. The quantitative estimate of drug-likeness (QED) is 0.817. The number of carbonyl (C=O) groups is 1. The summed E-state index contributed by atoms with van der Waals surface area (Å²) >= 11 is 0. The molecule has 1 amide bonds. The number of benzene rings is 1. The van der Waals surface area contributed by atoms with Gasteiger partial charge in [-0.1, -0.05) is 25.1 Å². The zero-order valence-corrected chi connectivity index (χ0v) is 16.4.